The lowest BCUT2D eigenvalue weighted by Gasteiger charge is -2.08. The monoisotopic (exact) mass is 258 g/mol. The van der Waals surface area contributed by atoms with Gasteiger partial charge in [0, 0.05) is 36.8 Å². The molecular weight excluding hydrogens is 240 g/mol. The van der Waals surface area contributed by atoms with Crippen molar-refractivity contribution in [3.05, 3.63) is 29.3 Å². The molecule has 3 rings (SSSR count). The molecule has 1 saturated carbocycles. The van der Waals surface area contributed by atoms with E-state index in [4.69, 9.17) is 5.73 Å². The molecule has 1 aliphatic rings. The first-order valence-corrected chi connectivity index (χ1v) is 6.49. The van der Waals surface area contributed by atoms with Crippen LogP contribution in [0.5, 0.6) is 0 Å². The predicted octanol–water partition coefficient (Wildman–Crippen LogP) is 1.59. The summed E-state index contributed by atoms with van der Waals surface area (Å²) >= 11 is 0. The number of nitrogens with two attached hydrogens (primary N) is 1. The van der Waals surface area contributed by atoms with Gasteiger partial charge in [-0.2, -0.15) is 5.10 Å². The van der Waals surface area contributed by atoms with Crippen LogP contribution in [-0.4, -0.2) is 19.7 Å². The molecule has 0 spiro atoms. The fourth-order valence-corrected chi connectivity index (χ4v) is 2.00. The van der Waals surface area contributed by atoms with Crippen LogP contribution >= 0.6 is 0 Å². The van der Waals surface area contributed by atoms with Gasteiger partial charge < -0.3 is 11.1 Å². The molecule has 100 valence electrons. The van der Waals surface area contributed by atoms with Crippen LogP contribution in [-0.2, 0) is 13.6 Å². The third-order valence-corrected chi connectivity index (χ3v) is 3.50. The van der Waals surface area contributed by atoms with Gasteiger partial charge >= 0.3 is 0 Å². The van der Waals surface area contributed by atoms with E-state index in [1.807, 2.05) is 24.9 Å². The van der Waals surface area contributed by atoms with Crippen LogP contribution in [0.4, 0.5) is 11.6 Å². The Hall–Kier alpha value is -2.11. The zero-order valence-corrected chi connectivity index (χ0v) is 11.2. The van der Waals surface area contributed by atoms with Gasteiger partial charge in [-0.15, -0.1) is 0 Å². The van der Waals surface area contributed by atoms with Crippen LogP contribution in [0.1, 0.15) is 35.8 Å². The first-order chi connectivity index (χ1) is 9.13. The van der Waals surface area contributed by atoms with Gasteiger partial charge in [-0.1, -0.05) is 0 Å². The van der Waals surface area contributed by atoms with Crippen molar-refractivity contribution in [2.24, 2.45) is 7.05 Å². The van der Waals surface area contributed by atoms with E-state index in [1.165, 1.54) is 12.8 Å². The molecule has 0 aromatic carbocycles. The Bertz CT molecular complexity index is 599. The fourth-order valence-electron chi connectivity index (χ4n) is 2.00. The highest BCUT2D eigenvalue weighted by Crippen LogP contribution is 2.38. The zero-order chi connectivity index (χ0) is 13.4. The lowest BCUT2D eigenvalue weighted by molar-refractivity contribution is 0.738. The molecule has 3 N–H and O–H groups in total. The number of hydrogen-bond donors (Lipinski definition) is 2. The molecular formula is C13H18N6. The number of aryl methyl sites for hydroxylation is 1. The summed E-state index contributed by atoms with van der Waals surface area (Å²) in [5, 5.41) is 7.52. The second-order valence-corrected chi connectivity index (χ2v) is 5.04. The zero-order valence-electron chi connectivity index (χ0n) is 11.2. The van der Waals surface area contributed by atoms with Crippen molar-refractivity contribution in [2.45, 2.75) is 32.2 Å². The van der Waals surface area contributed by atoms with Crippen molar-refractivity contribution in [3.63, 3.8) is 0 Å². The molecule has 0 amide bonds. The average molecular weight is 258 g/mol. The molecule has 6 nitrogen and oxygen atoms in total. The molecule has 0 aliphatic heterocycles. The Balaban J connectivity index is 1.74. The fraction of sp³-hybridized carbons (Fsp3) is 0.462. The first-order valence-electron chi connectivity index (χ1n) is 6.49. The molecule has 1 fully saturated rings. The Morgan fingerprint density at radius 3 is 2.84 bits per heavy atom. The van der Waals surface area contributed by atoms with Gasteiger partial charge in [-0.05, 0) is 19.8 Å². The lowest BCUT2D eigenvalue weighted by Crippen LogP contribution is -2.06. The van der Waals surface area contributed by atoms with Gasteiger partial charge in [0.15, 0.2) is 0 Å². The smallest absolute Gasteiger partial charge is 0.136 e. The minimum Gasteiger partial charge on any atom is -0.384 e. The number of aromatic nitrogens is 4. The van der Waals surface area contributed by atoms with Crippen LogP contribution in [0.2, 0.25) is 0 Å². The molecule has 0 radical (unpaired) electrons. The highest BCUT2D eigenvalue weighted by atomic mass is 15.3. The van der Waals surface area contributed by atoms with Crippen molar-refractivity contribution in [2.75, 3.05) is 11.1 Å². The van der Waals surface area contributed by atoms with Gasteiger partial charge in [0.05, 0.1) is 6.20 Å². The average Bonchev–Trinajstić information content (AvgIpc) is 3.17. The number of nitrogens with one attached hydrogen (secondary N) is 1. The number of hydrogen-bond acceptors (Lipinski definition) is 5. The van der Waals surface area contributed by atoms with Gasteiger partial charge in [-0.25, -0.2) is 9.97 Å². The molecule has 1 aliphatic carbocycles. The summed E-state index contributed by atoms with van der Waals surface area (Å²) in [5.74, 6) is 2.69. The molecule has 0 unspecified atom stereocenters. The Kier molecular flexibility index (Phi) is 2.85. The number of nitrogen functional groups attached to an aromatic ring is 1. The van der Waals surface area contributed by atoms with Crippen LogP contribution in [0, 0.1) is 6.92 Å². The van der Waals surface area contributed by atoms with E-state index in [0.717, 1.165) is 22.9 Å². The summed E-state index contributed by atoms with van der Waals surface area (Å²) in [4.78, 5) is 8.80. The summed E-state index contributed by atoms with van der Waals surface area (Å²) in [6.45, 7) is 2.74. The molecule has 6 heteroatoms. The Morgan fingerprint density at radius 2 is 2.21 bits per heavy atom. The van der Waals surface area contributed by atoms with E-state index in [0.29, 0.717) is 18.3 Å². The second kappa shape index (κ2) is 4.53. The SMILES string of the molecule is Cc1c(CNc2cc(N)nc(C3CC3)n2)cnn1C. The van der Waals surface area contributed by atoms with E-state index in [2.05, 4.69) is 20.4 Å². The van der Waals surface area contributed by atoms with E-state index < -0.39 is 0 Å². The van der Waals surface area contributed by atoms with E-state index in [-0.39, 0.29) is 0 Å². The normalized spacial score (nSPS) is 14.6. The van der Waals surface area contributed by atoms with Crippen molar-refractivity contribution in [1.29, 1.82) is 0 Å². The van der Waals surface area contributed by atoms with Crippen LogP contribution in [0.15, 0.2) is 12.3 Å². The van der Waals surface area contributed by atoms with E-state index in [1.54, 1.807) is 6.07 Å². The van der Waals surface area contributed by atoms with Gasteiger partial charge in [-0.3, -0.25) is 4.68 Å². The van der Waals surface area contributed by atoms with Crippen LogP contribution in [0.3, 0.4) is 0 Å². The molecule has 0 saturated heterocycles. The van der Waals surface area contributed by atoms with Gasteiger partial charge in [0.25, 0.3) is 0 Å². The van der Waals surface area contributed by atoms with Crippen molar-refractivity contribution < 1.29 is 0 Å². The maximum Gasteiger partial charge on any atom is 0.136 e. The van der Waals surface area contributed by atoms with Crippen molar-refractivity contribution in [1.82, 2.24) is 19.7 Å². The number of anilines is 2. The highest BCUT2D eigenvalue weighted by molar-refractivity contribution is 5.45. The molecule has 0 bridgehead atoms. The third kappa shape index (κ3) is 2.52. The number of nitrogens with zero attached hydrogens (tertiary/aromatic N) is 4. The van der Waals surface area contributed by atoms with Crippen LogP contribution < -0.4 is 11.1 Å². The Labute approximate surface area is 112 Å². The maximum atomic E-state index is 5.82. The molecule has 2 heterocycles. The Morgan fingerprint density at radius 1 is 1.42 bits per heavy atom. The van der Waals surface area contributed by atoms with Crippen molar-refractivity contribution in [3.8, 4) is 0 Å². The highest BCUT2D eigenvalue weighted by Gasteiger charge is 2.27. The first kappa shape index (κ1) is 12.0. The quantitative estimate of drug-likeness (QED) is 0.870. The summed E-state index contributed by atoms with van der Waals surface area (Å²) < 4.78 is 1.86. The molecule has 0 atom stereocenters. The second-order valence-electron chi connectivity index (χ2n) is 5.04. The third-order valence-electron chi connectivity index (χ3n) is 3.50. The summed E-state index contributed by atoms with van der Waals surface area (Å²) in [6, 6.07) is 1.78. The summed E-state index contributed by atoms with van der Waals surface area (Å²) in [6.07, 6.45) is 4.21. The lowest BCUT2D eigenvalue weighted by atomic mass is 10.2. The summed E-state index contributed by atoms with van der Waals surface area (Å²) in [5.41, 5.74) is 8.13. The minimum absolute atomic E-state index is 0.504. The topological polar surface area (TPSA) is 81.7 Å². The summed E-state index contributed by atoms with van der Waals surface area (Å²) in [7, 11) is 1.94. The minimum atomic E-state index is 0.504. The molecule has 19 heavy (non-hydrogen) atoms. The van der Waals surface area contributed by atoms with Gasteiger partial charge in [0.1, 0.15) is 17.5 Å². The van der Waals surface area contributed by atoms with Gasteiger partial charge in [0.2, 0.25) is 0 Å². The standard InChI is InChI=1S/C13H18N6/c1-8-10(7-16-19(8)2)6-15-12-5-11(14)17-13(18-12)9-3-4-9/h5,7,9H,3-4,6H2,1-2H3,(H3,14,15,17,18). The van der Waals surface area contributed by atoms with Crippen molar-refractivity contribution >= 4 is 11.6 Å². The molecule has 2 aromatic heterocycles. The van der Waals surface area contributed by atoms with Crippen LogP contribution in [0.25, 0.3) is 0 Å². The van der Waals surface area contributed by atoms with E-state index >= 15 is 0 Å². The number of rotatable bonds is 4. The predicted molar refractivity (Wildman–Crippen MR) is 73.7 cm³/mol. The largest absolute Gasteiger partial charge is 0.384 e. The molecule has 2 aromatic rings. The maximum absolute atomic E-state index is 5.82. The van der Waals surface area contributed by atoms with E-state index in [9.17, 15) is 0 Å².